The average molecular weight is 521 g/mol. The number of benzene rings is 2. The molecule has 0 aliphatic carbocycles. The molecule has 0 fully saturated rings. The Bertz CT molecular complexity index is 1250. The van der Waals surface area contributed by atoms with Crippen molar-refractivity contribution in [3.63, 3.8) is 0 Å². The molecule has 0 atom stereocenters. The minimum atomic E-state index is -3.81. The maximum atomic E-state index is 13.0. The summed E-state index contributed by atoms with van der Waals surface area (Å²) in [5.74, 6) is 0.615. The van der Waals surface area contributed by atoms with Crippen LogP contribution in [0.3, 0.4) is 0 Å². The predicted molar refractivity (Wildman–Crippen MR) is 130 cm³/mol. The van der Waals surface area contributed by atoms with Gasteiger partial charge in [-0.1, -0.05) is 5.10 Å². The lowest BCUT2D eigenvalue weighted by Gasteiger charge is -2.21. The van der Waals surface area contributed by atoms with Gasteiger partial charge < -0.3 is 23.4 Å². The number of ether oxygens (including phenoxy) is 4. The fourth-order valence-corrected chi connectivity index (χ4v) is 4.61. The first-order chi connectivity index (χ1) is 17.3. The SMILES string of the molecule is COCCN(CCOC)S(=O)(=O)c1ccc(C(=O)Nc2nnc(-c3cc(OC)ccc3OC)o2)cc1. The van der Waals surface area contributed by atoms with Gasteiger partial charge in [0.1, 0.15) is 11.5 Å². The van der Waals surface area contributed by atoms with Gasteiger partial charge >= 0.3 is 6.01 Å². The third kappa shape index (κ3) is 6.37. The number of carbonyl (C=O) groups is 1. The summed E-state index contributed by atoms with van der Waals surface area (Å²) in [6, 6.07) is 10.5. The molecular weight excluding hydrogens is 492 g/mol. The van der Waals surface area contributed by atoms with Gasteiger partial charge in [0.25, 0.3) is 11.8 Å². The highest BCUT2D eigenvalue weighted by Crippen LogP contribution is 2.33. The maximum Gasteiger partial charge on any atom is 0.322 e. The lowest BCUT2D eigenvalue weighted by Crippen LogP contribution is -2.36. The summed E-state index contributed by atoms with van der Waals surface area (Å²) in [7, 11) is 2.21. The molecule has 0 saturated heterocycles. The van der Waals surface area contributed by atoms with E-state index in [1.807, 2.05) is 0 Å². The molecule has 194 valence electrons. The Morgan fingerprint density at radius 1 is 0.944 bits per heavy atom. The summed E-state index contributed by atoms with van der Waals surface area (Å²) in [6.07, 6.45) is 0. The van der Waals surface area contributed by atoms with E-state index >= 15 is 0 Å². The lowest BCUT2D eigenvalue weighted by molar-refractivity contribution is 0.102. The number of sulfonamides is 1. The molecule has 3 aromatic rings. The van der Waals surface area contributed by atoms with Crippen LogP contribution >= 0.6 is 0 Å². The quantitative estimate of drug-likeness (QED) is 0.357. The normalized spacial score (nSPS) is 11.5. The van der Waals surface area contributed by atoms with E-state index in [0.29, 0.717) is 17.1 Å². The van der Waals surface area contributed by atoms with Crippen molar-refractivity contribution in [1.82, 2.24) is 14.5 Å². The highest BCUT2D eigenvalue weighted by molar-refractivity contribution is 7.89. The van der Waals surface area contributed by atoms with Crippen molar-refractivity contribution in [2.24, 2.45) is 0 Å². The second kappa shape index (κ2) is 12.4. The summed E-state index contributed by atoms with van der Waals surface area (Å²) in [4.78, 5) is 12.7. The zero-order valence-corrected chi connectivity index (χ0v) is 21.2. The number of carbonyl (C=O) groups excluding carboxylic acids is 1. The van der Waals surface area contributed by atoms with Crippen LogP contribution in [0.25, 0.3) is 11.5 Å². The summed E-state index contributed by atoms with van der Waals surface area (Å²) >= 11 is 0. The van der Waals surface area contributed by atoms with Crippen LogP contribution in [0, 0.1) is 0 Å². The van der Waals surface area contributed by atoms with E-state index in [4.69, 9.17) is 23.4 Å². The Morgan fingerprint density at radius 2 is 1.61 bits per heavy atom. The third-order valence-corrected chi connectivity index (χ3v) is 7.04. The topological polar surface area (TPSA) is 142 Å². The van der Waals surface area contributed by atoms with Crippen molar-refractivity contribution in [3.8, 4) is 23.0 Å². The summed E-state index contributed by atoms with van der Waals surface area (Å²) in [6.45, 7) is 0.804. The highest BCUT2D eigenvalue weighted by Gasteiger charge is 2.24. The standard InChI is InChI=1S/C23H28N4O8S/c1-31-13-11-27(12-14-32-2)36(29,30)18-8-5-16(6-9-18)21(28)24-23-26-25-22(35-23)19-15-17(33-3)7-10-20(19)34-4/h5-10,15H,11-14H2,1-4H3,(H,24,26,28). The highest BCUT2D eigenvalue weighted by atomic mass is 32.2. The first-order valence-corrected chi connectivity index (χ1v) is 12.2. The van der Waals surface area contributed by atoms with E-state index in [1.165, 1.54) is 57.0 Å². The van der Waals surface area contributed by atoms with E-state index in [-0.39, 0.29) is 48.7 Å². The number of hydrogen-bond acceptors (Lipinski definition) is 10. The average Bonchev–Trinajstić information content (AvgIpc) is 3.36. The minimum Gasteiger partial charge on any atom is -0.497 e. The smallest absolute Gasteiger partial charge is 0.322 e. The second-order valence-electron chi connectivity index (χ2n) is 7.35. The van der Waals surface area contributed by atoms with Crippen molar-refractivity contribution in [2.45, 2.75) is 4.90 Å². The molecule has 2 aromatic carbocycles. The van der Waals surface area contributed by atoms with E-state index < -0.39 is 15.9 Å². The van der Waals surface area contributed by atoms with E-state index in [1.54, 1.807) is 18.2 Å². The molecule has 0 spiro atoms. The number of nitrogens with zero attached hydrogens (tertiary/aromatic N) is 3. The number of nitrogens with one attached hydrogen (secondary N) is 1. The Balaban J connectivity index is 1.74. The molecule has 13 heteroatoms. The third-order valence-electron chi connectivity index (χ3n) is 5.13. The molecule has 3 rings (SSSR count). The molecular formula is C23H28N4O8S. The van der Waals surface area contributed by atoms with Gasteiger partial charge in [0.2, 0.25) is 10.0 Å². The zero-order chi connectivity index (χ0) is 26.1. The lowest BCUT2D eigenvalue weighted by atomic mass is 10.2. The fraction of sp³-hybridized carbons (Fsp3) is 0.348. The Kier molecular flexibility index (Phi) is 9.36. The molecule has 36 heavy (non-hydrogen) atoms. The number of amides is 1. The molecule has 1 amide bonds. The van der Waals surface area contributed by atoms with Crippen molar-refractivity contribution in [1.29, 1.82) is 0 Å². The van der Waals surface area contributed by atoms with Crippen LogP contribution in [-0.2, 0) is 19.5 Å². The van der Waals surface area contributed by atoms with Crippen molar-refractivity contribution >= 4 is 21.9 Å². The molecule has 1 heterocycles. The van der Waals surface area contributed by atoms with Crippen molar-refractivity contribution in [2.75, 3.05) is 60.1 Å². The predicted octanol–water partition coefficient (Wildman–Crippen LogP) is 2.29. The fourth-order valence-electron chi connectivity index (χ4n) is 3.20. The molecule has 0 bridgehead atoms. The van der Waals surface area contributed by atoms with Gasteiger partial charge in [-0.2, -0.15) is 4.31 Å². The Labute approximate surface area is 209 Å². The maximum absolute atomic E-state index is 13.0. The van der Waals surface area contributed by atoms with Gasteiger partial charge in [-0.05, 0) is 42.5 Å². The zero-order valence-electron chi connectivity index (χ0n) is 20.4. The van der Waals surface area contributed by atoms with Crippen LogP contribution in [0.1, 0.15) is 10.4 Å². The largest absolute Gasteiger partial charge is 0.497 e. The van der Waals surface area contributed by atoms with Crippen LogP contribution in [0.5, 0.6) is 11.5 Å². The number of hydrogen-bond donors (Lipinski definition) is 1. The van der Waals surface area contributed by atoms with E-state index in [0.717, 1.165) is 0 Å². The molecule has 0 aliphatic rings. The first-order valence-electron chi connectivity index (χ1n) is 10.8. The van der Waals surface area contributed by atoms with Crippen LogP contribution in [0.4, 0.5) is 6.01 Å². The van der Waals surface area contributed by atoms with Gasteiger partial charge in [-0.3, -0.25) is 10.1 Å². The van der Waals surface area contributed by atoms with Gasteiger partial charge in [-0.25, -0.2) is 8.42 Å². The Hall–Kier alpha value is -3.52. The second-order valence-corrected chi connectivity index (χ2v) is 9.28. The van der Waals surface area contributed by atoms with Crippen LogP contribution < -0.4 is 14.8 Å². The van der Waals surface area contributed by atoms with Gasteiger partial charge in [0, 0.05) is 32.9 Å². The van der Waals surface area contributed by atoms with Crippen molar-refractivity contribution in [3.05, 3.63) is 48.0 Å². The van der Waals surface area contributed by atoms with Gasteiger partial charge in [0.15, 0.2) is 0 Å². The van der Waals surface area contributed by atoms with Gasteiger partial charge in [0.05, 0.1) is 37.9 Å². The molecule has 1 aromatic heterocycles. The Morgan fingerprint density at radius 3 is 2.19 bits per heavy atom. The molecule has 0 radical (unpaired) electrons. The van der Waals surface area contributed by atoms with Gasteiger partial charge in [-0.15, -0.1) is 5.10 Å². The van der Waals surface area contributed by atoms with E-state index in [9.17, 15) is 13.2 Å². The van der Waals surface area contributed by atoms with E-state index in [2.05, 4.69) is 15.5 Å². The van der Waals surface area contributed by atoms with Crippen molar-refractivity contribution < 1.29 is 36.6 Å². The molecule has 0 unspecified atom stereocenters. The number of aromatic nitrogens is 2. The summed E-state index contributed by atoms with van der Waals surface area (Å²) in [5, 5.41) is 10.3. The summed E-state index contributed by atoms with van der Waals surface area (Å²) in [5.41, 5.74) is 0.693. The number of rotatable bonds is 13. The molecule has 12 nitrogen and oxygen atoms in total. The first kappa shape index (κ1) is 27.1. The van der Waals surface area contributed by atoms with Crippen LogP contribution in [0.2, 0.25) is 0 Å². The molecule has 0 saturated carbocycles. The molecule has 1 N–H and O–H groups in total. The number of anilines is 1. The minimum absolute atomic E-state index is 0.0384. The van der Waals surface area contributed by atoms with Crippen LogP contribution in [-0.4, -0.2) is 83.6 Å². The van der Waals surface area contributed by atoms with Crippen LogP contribution in [0.15, 0.2) is 51.8 Å². The molecule has 0 aliphatic heterocycles. The monoisotopic (exact) mass is 520 g/mol. The number of methoxy groups -OCH3 is 4. The summed E-state index contributed by atoms with van der Waals surface area (Å²) < 4.78 is 53.4.